The first-order valence-electron chi connectivity index (χ1n) is 7.36. The summed E-state index contributed by atoms with van der Waals surface area (Å²) < 4.78 is 33.6. The molecule has 0 bridgehead atoms. The van der Waals surface area contributed by atoms with E-state index < -0.39 is 10.3 Å². The molecule has 1 aliphatic heterocycles. The first-order chi connectivity index (χ1) is 10.7. The Kier molecular flexibility index (Phi) is 5.21. The van der Waals surface area contributed by atoms with Crippen LogP contribution in [0.25, 0.3) is 0 Å². The molecule has 1 heterocycles. The molecule has 0 unspecified atom stereocenters. The second-order valence-electron chi connectivity index (χ2n) is 5.99. The zero-order chi connectivity index (χ0) is 17.4. The number of nitrogens with one attached hydrogen (secondary N) is 1. The summed E-state index contributed by atoms with van der Waals surface area (Å²) in [5.41, 5.74) is 1.88. The molecule has 1 saturated heterocycles. The lowest BCUT2D eigenvalue weighted by Gasteiger charge is -2.31. The number of halogens is 1. The van der Waals surface area contributed by atoms with Crippen LogP contribution in [0.4, 0.5) is 5.69 Å². The predicted molar refractivity (Wildman–Crippen MR) is 89.8 cm³/mol. The van der Waals surface area contributed by atoms with Crippen LogP contribution < -0.4 is 5.32 Å². The Morgan fingerprint density at radius 3 is 2.74 bits per heavy atom. The van der Waals surface area contributed by atoms with Crippen molar-refractivity contribution >= 4 is 27.6 Å². The molecule has 3 atom stereocenters. The van der Waals surface area contributed by atoms with Gasteiger partial charge in [0.15, 0.2) is 0 Å². The second kappa shape index (κ2) is 6.65. The zero-order valence-electron chi connectivity index (χ0n) is 13.2. The molecule has 1 fully saturated rings. The van der Waals surface area contributed by atoms with Crippen LogP contribution in [0.2, 0.25) is 5.02 Å². The largest absolute Gasteiger partial charge is 0.381 e. The fourth-order valence-corrected chi connectivity index (χ4v) is 4.45. The monoisotopic (exact) mass is 357 g/mol. The van der Waals surface area contributed by atoms with Gasteiger partial charge in [0.2, 0.25) is 0 Å². The summed E-state index contributed by atoms with van der Waals surface area (Å²) in [4.78, 5) is 0. The lowest BCUT2D eigenvalue weighted by molar-refractivity contribution is 0.290. The van der Waals surface area contributed by atoms with Gasteiger partial charge in [-0.05, 0) is 43.9 Å². The van der Waals surface area contributed by atoms with Crippen LogP contribution >= 0.6 is 11.6 Å². The highest BCUT2D eigenvalue weighted by Crippen LogP contribution is 2.32. The summed E-state index contributed by atoms with van der Waals surface area (Å²) in [5, 5.41) is 12.6. The molecule has 0 aromatic heterocycles. The van der Waals surface area contributed by atoms with E-state index in [9.17, 15) is 13.0 Å². The fourth-order valence-electron chi connectivity index (χ4n) is 3.20. The first kappa shape index (κ1) is 18.0. The van der Waals surface area contributed by atoms with Crippen LogP contribution in [0.15, 0.2) is 12.1 Å². The Morgan fingerprint density at radius 1 is 1.52 bits per heavy atom. The fraction of sp³-hybridized carbons (Fsp3) is 0.533. The smallest absolute Gasteiger partial charge is 0.336 e. The Labute approximate surface area is 141 Å². The Hall–Kier alpha value is -1.33. The molecule has 1 aromatic rings. The molecule has 0 saturated carbocycles. The third-order valence-electron chi connectivity index (χ3n) is 4.42. The van der Waals surface area contributed by atoms with Crippen molar-refractivity contribution < 1.29 is 13.0 Å². The average molecular weight is 358 g/mol. The van der Waals surface area contributed by atoms with Crippen LogP contribution in [0.1, 0.15) is 31.4 Å². The number of nitriles is 1. The molecule has 1 aromatic carbocycles. The molecule has 2 N–H and O–H groups in total. The van der Waals surface area contributed by atoms with Crippen molar-refractivity contribution in [1.82, 2.24) is 4.31 Å². The molecule has 0 amide bonds. The summed E-state index contributed by atoms with van der Waals surface area (Å²) in [5.74, 6) is 0.119. The molecule has 0 spiro atoms. The Morgan fingerprint density at radius 2 is 2.17 bits per heavy atom. The van der Waals surface area contributed by atoms with Crippen molar-refractivity contribution in [2.24, 2.45) is 5.92 Å². The van der Waals surface area contributed by atoms with E-state index in [4.69, 9.17) is 16.9 Å². The minimum atomic E-state index is -4.23. The third kappa shape index (κ3) is 3.61. The number of benzene rings is 1. The molecule has 2 rings (SSSR count). The Bertz CT molecular complexity index is 745. The van der Waals surface area contributed by atoms with E-state index in [0.717, 1.165) is 15.6 Å². The normalized spacial score (nSPS) is 23.5. The van der Waals surface area contributed by atoms with Gasteiger partial charge in [-0.1, -0.05) is 18.5 Å². The molecular weight excluding hydrogens is 338 g/mol. The van der Waals surface area contributed by atoms with Crippen LogP contribution in [0, 0.1) is 24.2 Å². The lowest BCUT2D eigenvalue weighted by atomic mass is 9.97. The number of hydrogen-bond acceptors (Lipinski definition) is 4. The van der Waals surface area contributed by atoms with E-state index in [0.29, 0.717) is 23.6 Å². The summed E-state index contributed by atoms with van der Waals surface area (Å²) in [6, 6.07) is 4.84. The SMILES string of the molecule is Cc1c(N[C@@H](C)[C@@H]2[C@@H](C)CCN2S(=O)(=O)O)ccc(C#N)c1Cl. The van der Waals surface area contributed by atoms with E-state index in [-0.39, 0.29) is 18.0 Å². The average Bonchev–Trinajstić information content (AvgIpc) is 2.86. The number of nitrogens with zero attached hydrogens (tertiary/aromatic N) is 2. The van der Waals surface area contributed by atoms with Gasteiger partial charge >= 0.3 is 10.3 Å². The molecule has 6 nitrogen and oxygen atoms in total. The summed E-state index contributed by atoms with van der Waals surface area (Å²) >= 11 is 6.16. The molecule has 126 valence electrons. The molecule has 8 heteroatoms. The number of hydrogen-bond donors (Lipinski definition) is 2. The van der Waals surface area contributed by atoms with Crippen LogP contribution in [0.5, 0.6) is 0 Å². The van der Waals surface area contributed by atoms with E-state index in [1.165, 1.54) is 0 Å². The van der Waals surface area contributed by atoms with Gasteiger partial charge in [0, 0.05) is 24.3 Å². The van der Waals surface area contributed by atoms with Crippen molar-refractivity contribution in [2.75, 3.05) is 11.9 Å². The van der Waals surface area contributed by atoms with Crippen molar-refractivity contribution in [3.8, 4) is 6.07 Å². The number of rotatable bonds is 4. The quantitative estimate of drug-likeness (QED) is 0.808. The maximum atomic E-state index is 11.5. The predicted octanol–water partition coefficient (Wildman–Crippen LogP) is 2.83. The van der Waals surface area contributed by atoms with Crippen molar-refractivity contribution in [1.29, 1.82) is 5.26 Å². The van der Waals surface area contributed by atoms with Crippen LogP contribution in [0.3, 0.4) is 0 Å². The van der Waals surface area contributed by atoms with Crippen molar-refractivity contribution in [3.05, 3.63) is 28.3 Å². The van der Waals surface area contributed by atoms with Gasteiger partial charge in [-0.15, -0.1) is 0 Å². The highest BCUT2D eigenvalue weighted by molar-refractivity contribution is 7.83. The summed E-state index contributed by atoms with van der Waals surface area (Å²) in [7, 11) is -4.23. The maximum absolute atomic E-state index is 11.5. The standard InChI is InChI=1S/C15H20ClN3O3S/c1-9-6-7-19(23(20,21)22)15(9)11(3)18-13-5-4-12(8-17)14(16)10(13)2/h4-5,9,11,15,18H,6-7H2,1-3H3,(H,20,21,22)/t9-,11-,15-/m0/s1. The van der Waals surface area contributed by atoms with Gasteiger partial charge in [0.25, 0.3) is 0 Å². The molecular formula is C15H20ClN3O3S. The van der Waals surface area contributed by atoms with Crippen LogP contribution in [-0.2, 0) is 10.3 Å². The third-order valence-corrected chi connectivity index (χ3v) is 5.92. The van der Waals surface area contributed by atoms with Gasteiger partial charge in [0.05, 0.1) is 10.6 Å². The minimum absolute atomic E-state index is 0.119. The minimum Gasteiger partial charge on any atom is -0.381 e. The van der Waals surface area contributed by atoms with Gasteiger partial charge < -0.3 is 5.32 Å². The summed E-state index contributed by atoms with van der Waals surface area (Å²) in [6.07, 6.45) is 0.698. The Balaban J connectivity index is 2.27. The van der Waals surface area contributed by atoms with E-state index in [1.807, 2.05) is 19.9 Å². The maximum Gasteiger partial charge on any atom is 0.336 e. The second-order valence-corrected chi connectivity index (χ2v) is 7.73. The molecule has 0 aliphatic carbocycles. The first-order valence-corrected chi connectivity index (χ1v) is 9.14. The van der Waals surface area contributed by atoms with E-state index >= 15 is 0 Å². The molecule has 23 heavy (non-hydrogen) atoms. The van der Waals surface area contributed by atoms with E-state index in [2.05, 4.69) is 5.32 Å². The van der Waals surface area contributed by atoms with Gasteiger partial charge in [0.1, 0.15) is 6.07 Å². The van der Waals surface area contributed by atoms with Gasteiger partial charge in [-0.25, -0.2) is 0 Å². The zero-order valence-corrected chi connectivity index (χ0v) is 14.8. The highest BCUT2D eigenvalue weighted by Gasteiger charge is 2.41. The number of anilines is 1. The summed E-state index contributed by atoms with van der Waals surface area (Å²) in [6.45, 7) is 5.95. The van der Waals surface area contributed by atoms with Crippen molar-refractivity contribution in [2.45, 2.75) is 39.3 Å². The van der Waals surface area contributed by atoms with E-state index in [1.54, 1.807) is 19.1 Å². The molecule has 1 aliphatic rings. The topological polar surface area (TPSA) is 93.4 Å². The lowest BCUT2D eigenvalue weighted by Crippen LogP contribution is -2.46. The highest BCUT2D eigenvalue weighted by atomic mass is 35.5. The van der Waals surface area contributed by atoms with Crippen molar-refractivity contribution in [3.63, 3.8) is 0 Å². The van der Waals surface area contributed by atoms with Crippen LogP contribution in [-0.4, -0.2) is 35.9 Å². The molecule has 0 radical (unpaired) electrons. The van der Waals surface area contributed by atoms with Gasteiger partial charge in [-0.2, -0.15) is 18.0 Å². The van der Waals surface area contributed by atoms with Gasteiger partial charge in [-0.3, -0.25) is 4.55 Å².